The van der Waals surface area contributed by atoms with Crippen molar-refractivity contribution in [3.05, 3.63) is 78.1 Å². The zero-order valence-electron chi connectivity index (χ0n) is 20.4. The number of nitrogens with one attached hydrogen (secondary N) is 1. The molecule has 1 fully saturated rings. The Morgan fingerprint density at radius 1 is 0.944 bits per heavy atom. The van der Waals surface area contributed by atoms with Crippen molar-refractivity contribution in [1.29, 1.82) is 0 Å². The lowest BCUT2D eigenvalue weighted by molar-refractivity contribution is -0.131. The van der Waals surface area contributed by atoms with Crippen LogP contribution in [0.2, 0.25) is 0 Å². The van der Waals surface area contributed by atoms with E-state index in [1.54, 1.807) is 17.0 Å². The number of rotatable bonds is 7. The molecule has 3 amide bonds. The molecule has 0 aliphatic carbocycles. The Kier molecular flexibility index (Phi) is 8.44. The fraction of sp³-hybridized carbons (Fsp3) is 0.333. The minimum Gasteiger partial charge on any atom is -0.353 e. The number of amides is 3. The third-order valence-corrected chi connectivity index (χ3v) is 6.12. The van der Waals surface area contributed by atoms with Crippen LogP contribution in [0.25, 0.3) is 11.3 Å². The summed E-state index contributed by atoms with van der Waals surface area (Å²) in [6.45, 7) is 4.98. The van der Waals surface area contributed by atoms with Crippen LogP contribution in [0.1, 0.15) is 18.9 Å². The van der Waals surface area contributed by atoms with Gasteiger partial charge in [0, 0.05) is 44.8 Å². The second-order valence-electron chi connectivity index (χ2n) is 8.68. The highest BCUT2D eigenvalue weighted by molar-refractivity contribution is 5.84. The van der Waals surface area contributed by atoms with Crippen molar-refractivity contribution in [2.45, 2.75) is 19.9 Å². The Morgan fingerprint density at radius 3 is 2.42 bits per heavy atom. The topological polar surface area (TPSA) is 81.7 Å². The van der Waals surface area contributed by atoms with Crippen LogP contribution >= 0.6 is 0 Å². The SMILES string of the molecule is CCNC(=O)N(CC(=O)N1CCCN(c2ccc(-c3ccccc3)nn2)CC1)Cc1ccc(F)cc1. The summed E-state index contributed by atoms with van der Waals surface area (Å²) in [4.78, 5) is 31.2. The quantitative estimate of drug-likeness (QED) is 0.548. The molecule has 2 heterocycles. The van der Waals surface area contributed by atoms with Gasteiger partial charge >= 0.3 is 6.03 Å². The Hall–Kier alpha value is -4.01. The van der Waals surface area contributed by atoms with Crippen LogP contribution in [0.5, 0.6) is 0 Å². The third-order valence-electron chi connectivity index (χ3n) is 6.12. The maximum Gasteiger partial charge on any atom is 0.318 e. The number of carbonyl (C=O) groups is 2. The van der Waals surface area contributed by atoms with Crippen molar-refractivity contribution in [1.82, 2.24) is 25.3 Å². The first-order chi connectivity index (χ1) is 17.5. The summed E-state index contributed by atoms with van der Waals surface area (Å²) in [6, 6.07) is 19.5. The van der Waals surface area contributed by atoms with Crippen molar-refractivity contribution in [2.75, 3.05) is 44.2 Å². The van der Waals surface area contributed by atoms with Gasteiger partial charge in [-0.3, -0.25) is 4.79 Å². The van der Waals surface area contributed by atoms with Gasteiger partial charge in [-0.25, -0.2) is 9.18 Å². The zero-order chi connectivity index (χ0) is 25.3. The largest absolute Gasteiger partial charge is 0.353 e. The first-order valence-corrected chi connectivity index (χ1v) is 12.2. The predicted octanol–water partition coefficient (Wildman–Crippen LogP) is 3.55. The molecule has 0 spiro atoms. The molecule has 8 nitrogen and oxygen atoms in total. The van der Waals surface area contributed by atoms with E-state index in [0.717, 1.165) is 35.6 Å². The Balaban J connectivity index is 1.37. The van der Waals surface area contributed by atoms with Crippen molar-refractivity contribution in [2.24, 2.45) is 0 Å². The molecule has 2 aromatic carbocycles. The first kappa shape index (κ1) is 25.1. The molecule has 1 aliphatic rings. The summed E-state index contributed by atoms with van der Waals surface area (Å²) in [5.41, 5.74) is 2.59. The minimum atomic E-state index is -0.340. The number of aromatic nitrogens is 2. The molecule has 9 heteroatoms. The number of nitrogens with zero attached hydrogens (tertiary/aromatic N) is 5. The normalized spacial score (nSPS) is 13.7. The summed E-state index contributed by atoms with van der Waals surface area (Å²) in [5, 5.41) is 11.6. The molecule has 0 unspecified atom stereocenters. The number of hydrogen-bond acceptors (Lipinski definition) is 5. The van der Waals surface area contributed by atoms with E-state index >= 15 is 0 Å². The van der Waals surface area contributed by atoms with E-state index in [-0.39, 0.29) is 30.8 Å². The van der Waals surface area contributed by atoms with Crippen LogP contribution in [0.4, 0.5) is 15.0 Å². The summed E-state index contributed by atoms with van der Waals surface area (Å²) in [6.07, 6.45) is 0.785. The van der Waals surface area contributed by atoms with Gasteiger partial charge in [-0.05, 0) is 43.2 Å². The lowest BCUT2D eigenvalue weighted by Crippen LogP contribution is -2.47. The Bertz CT molecular complexity index is 1140. The number of carbonyl (C=O) groups excluding carboxylic acids is 2. The molecule has 4 rings (SSSR count). The van der Waals surface area contributed by atoms with E-state index in [0.29, 0.717) is 26.2 Å². The second-order valence-corrected chi connectivity index (χ2v) is 8.68. The zero-order valence-corrected chi connectivity index (χ0v) is 20.4. The van der Waals surface area contributed by atoms with Gasteiger partial charge in [0.15, 0.2) is 5.82 Å². The fourth-order valence-electron chi connectivity index (χ4n) is 4.19. The molecule has 1 N–H and O–H groups in total. The Labute approximate surface area is 210 Å². The summed E-state index contributed by atoms with van der Waals surface area (Å²) in [5.74, 6) is 0.327. The molecule has 0 atom stereocenters. The summed E-state index contributed by atoms with van der Waals surface area (Å²) >= 11 is 0. The van der Waals surface area contributed by atoms with Gasteiger partial charge in [0.25, 0.3) is 0 Å². The van der Waals surface area contributed by atoms with Crippen LogP contribution < -0.4 is 10.2 Å². The van der Waals surface area contributed by atoms with Crippen LogP contribution in [-0.4, -0.2) is 71.2 Å². The molecule has 188 valence electrons. The number of urea groups is 1. The smallest absolute Gasteiger partial charge is 0.318 e. The molecular formula is C27H31FN6O2. The lowest BCUT2D eigenvalue weighted by atomic mass is 10.1. The third kappa shape index (κ3) is 6.56. The van der Waals surface area contributed by atoms with Crippen LogP contribution in [0, 0.1) is 5.82 Å². The van der Waals surface area contributed by atoms with Gasteiger partial charge < -0.3 is 20.0 Å². The molecule has 1 aliphatic heterocycles. The average Bonchev–Trinajstić information content (AvgIpc) is 3.17. The monoisotopic (exact) mass is 490 g/mol. The highest BCUT2D eigenvalue weighted by Gasteiger charge is 2.24. The van der Waals surface area contributed by atoms with Crippen LogP contribution in [-0.2, 0) is 11.3 Å². The molecule has 0 saturated carbocycles. The highest BCUT2D eigenvalue weighted by atomic mass is 19.1. The summed E-state index contributed by atoms with van der Waals surface area (Å²) < 4.78 is 13.3. The van der Waals surface area contributed by atoms with Crippen molar-refractivity contribution in [3.8, 4) is 11.3 Å². The predicted molar refractivity (Wildman–Crippen MR) is 137 cm³/mol. The molecule has 0 bridgehead atoms. The number of anilines is 1. The van der Waals surface area contributed by atoms with E-state index in [9.17, 15) is 14.0 Å². The number of benzene rings is 2. The van der Waals surface area contributed by atoms with Crippen LogP contribution in [0.3, 0.4) is 0 Å². The average molecular weight is 491 g/mol. The van der Waals surface area contributed by atoms with Gasteiger partial charge in [0.05, 0.1) is 5.69 Å². The molecular weight excluding hydrogens is 459 g/mol. The Morgan fingerprint density at radius 2 is 1.72 bits per heavy atom. The van der Waals surface area contributed by atoms with Gasteiger partial charge in [-0.2, -0.15) is 0 Å². The molecule has 1 saturated heterocycles. The van der Waals surface area contributed by atoms with E-state index in [1.807, 2.05) is 49.4 Å². The van der Waals surface area contributed by atoms with Crippen LogP contribution in [0.15, 0.2) is 66.7 Å². The van der Waals surface area contributed by atoms with E-state index in [2.05, 4.69) is 20.4 Å². The standard InChI is InChI=1S/C27H31FN6O2/c1-2-29-27(36)34(19-21-9-11-23(28)12-10-21)20-26(35)33-16-6-15-32(17-18-33)25-14-13-24(30-31-25)22-7-4-3-5-8-22/h3-5,7-14H,2,6,15-20H2,1H3,(H,29,36). The first-order valence-electron chi connectivity index (χ1n) is 12.2. The number of hydrogen-bond donors (Lipinski definition) is 1. The van der Waals surface area contributed by atoms with Crippen molar-refractivity contribution >= 4 is 17.8 Å². The molecule has 3 aromatic rings. The van der Waals surface area contributed by atoms with Gasteiger partial charge in [0.2, 0.25) is 5.91 Å². The fourth-order valence-corrected chi connectivity index (χ4v) is 4.19. The van der Waals surface area contributed by atoms with Crippen molar-refractivity contribution < 1.29 is 14.0 Å². The lowest BCUT2D eigenvalue weighted by Gasteiger charge is -2.27. The molecule has 36 heavy (non-hydrogen) atoms. The van der Waals surface area contributed by atoms with E-state index < -0.39 is 0 Å². The maximum absolute atomic E-state index is 13.3. The van der Waals surface area contributed by atoms with Gasteiger partial charge in [-0.15, -0.1) is 10.2 Å². The minimum absolute atomic E-state index is 0.0468. The second kappa shape index (κ2) is 12.1. The van der Waals surface area contributed by atoms with Gasteiger partial charge in [-0.1, -0.05) is 42.5 Å². The molecule has 1 aromatic heterocycles. The maximum atomic E-state index is 13.3. The highest BCUT2D eigenvalue weighted by Crippen LogP contribution is 2.19. The van der Waals surface area contributed by atoms with Gasteiger partial charge in [0.1, 0.15) is 12.4 Å². The van der Waals surface area contributed by atoms with E-state index in [1.165, 1.54) is 17.0 Å². The van der Waals surface area contributed by atoms with Crippen molar-refractivity contribution in [3.63, 3.8) is 0 Å². The summed E-state index contributed by atoms with van der Waals surface area (Å²) in [7, 11) is 0. The van der Waals surface area contributed by atoms with E-state index in [4.69, 9.17) is 0 Å². The molecule has 0 radical (unpaired) electrons. The number of halogens is 1.